The Kier molecular flexibility index (Phi) is 6.86. The molecular weight excluding hydrogens is 380 g/mol. The molecule has 5 heteroatoms. The number of ether oxygens (including phenoxy) is 1. The Morgan fingerprint density at radius 1 is 0.931 bits per heavy atom. The fourth-order valence-corrected chi connectivity index (χ4v) is 3.98. The molecule has 1 nitrogen and oxygen atoms in total. The van der Waals surface area contributed by atoms with Gasteiger partial charge in [0.1, 0.15) is 0 Å². The van der Waals surface area contributed by atoms with E-state index in [4.69, 9.17) is 4.74 Å². The molecule has 1 fully saturated rings. The van der Waals surface area contributed by atoms with Crippen molar-refractivity contribution < 1.29 is 22.3 Å². The third-order valence-electron chi connectivity index (χ3n) is 6.00. The van der Waals surface area contributed by atoms with Crippen LogP contribution in [0.2, 0.25) is 0 Å². The van der Waals surface area contributed by atoms with Gasteiger partial charge in [-0.2, -0.15) is 4.39 Å². The van der Waals surface area contributed by atoms with E-state index in [9.17, 15) is 17.6 Å². The highest BCUT2D eigenvalue weighted by Gasteiger charge is 2.32. The Bertz CT molecular complexity index is 808. The second-order valence-electron chi connectivity index (χ2n) is 8.09. The Hall–Kier alpha value is -2.04. The number of halogens is 4. The number of aryl methyl sites for hydroxylation is 1. The van der Waals surface area contributed by atoms with Gasteiger partial charge in [0, 0.05) is 12.0 Å². The molecule has 0 heterocycles. The van der Waals surface area contributed by atoms with Crippen LogP contribution in [0.5, 0.6) is 5.75 Å². The summed E-state index contributed by atoms with van der Waals surface area (Å²) < 4.78 is 61.9. The van der Waals surface area contributed by atoms with Crippen molar-refractivity contribution in [1.82, 2.24) is 0 Å². The Balaban J connectivity index is 1.59. The van der Waals surface area contributed by atoms with Crippen LogP contribution in [-0.4, -0.2) is 6.61 Å². The molecule has 0 amide bonds. The Morgan fingerprint density at radius 2 is 1.59 bits per heavy atom. The topological polar surface area (TPSA) is 9.23 Å². The highest BCUT2D eigenvalue weighted by Crippen LogP contribution is 2.37. The van der Waals surface area contributed by atoms with E-state index in [1.807, 2.05) is 0 Å². The molecule has 0 N–H and O–H groups in total. The zero-order valence-electron chi connectivity index (χ0n) is 17.0. The molecule has 1 aliphatic rings. The van der Waals surface area contributed by atoms with Crippen molar-refractivity contribution in [3.05, 3.63) is 64.7 Å². The lowest BCUT2D eigenvalue weighted by atomic mass is 9.79. The first-order chi connectivity index (χ1) is 13.8. The lowest BCUT2D eigenvalue weighted by Gasteiger charge is -2.27. The maximum absolute atomic E-state index is 14.5. The summed E-state index contributed by atoms with van der Waals surface area (Å²) in [6, 6.07) is 9.24. The van der Waals surface area contributed by atoms with E-state index in [1.54, 1.807) is 19.1 Å². The van der Waals surface area contributed by atoms with E-state index in [1.165, 1.54) is 37.1 Å². The summed E-state index contributed by atoms with van der Waals surface area (Å²) in [7, 11) is 0. The SMILES string of the molecule is CCc1ccc(OCCC(F)(F)c2ccc(C3CCC(C)CC3)cc2)c(F)c1F. The van der Waals surface area contributed by atoms with Crippen molar-refractivity contribution in [2.45, 2.75) is 64.2 Å². The van der Waals surface area contributed by atoms with Crippen LogP contribution in [-0.2, 0) is 12.3 Å². The second kappa shape index (κ2) is 9.19. The highest BCUT2D eigenvalue weighted by atomic mass is 19.3. The predicted octanol–water partition coefficient (Wildman–Crippen LogP) is 7.38. The molecule has 3 rings (SSSR count). The quantitative estimate of drug-likeness (QED) is 0.434. The highest BCUT2D eigenvalue weighted by molar-refractivity contribution is 5.31. The monoisotopic (exact) mass is 408 g/mol. The van der Waals surface area contributed by atoms with E-state index in [-0.39, 0.29) is 16.9 Å². The molecule has 0 aliphatic heterocycles. The Morgan fingerprint density at radius 3 is 2.21 bits per heavy atom. The van der Waals surface area contributed by atoms with Gasteiger partial charge in [-0.05, 0) is 48.3 Å². The second-order valence-corrected chi connectivity index (χ2v) is 8.09. The summed E-state index contributed by atoms with van der Waals surface area (Å²) in [5.41, 5.74) is 1.26. The summed E-state index contributed by atoms with van der Waals surface area (Å²) >= 11 is 0. The maximum atomic E-state index is 14.5. The zero-order valence-corrected chi connectivity index (χ0v) is 17.0. The van der Waals surface area contributed by atoms with Crippen LogP contribution in [0.25, 0.3) is 0 Å². The van der Waals surface area contributed by atoms with Crippen LogP contribution in [0, 0.1) is 17.6 Å². The fourth-order valence-electron chi connectivity index (χ4n) is 3.98. The molecule has 0 unspecified atom stereocenters. The fraction of sp³-hybridized carbons (Fsp3) is 0.500. The normalized spacial score (nSPS) is 19.9. The van der Waals surface area contributed by atoms with Crippen LogP contribution in [0.15, 0.2) is 36.4 Å². The van der Waals surface area contributed by atoms with Crippen molar-refractivity contribution in [2.75, 3.05) is 6.61 Å². The van der Waals surface area contributed by atoms with E-state index in [2.05, 4.69) is 6.92 Å². The average molecular weight is 408 g/mol. The molecular formula is C24H28F4O. The van der Waals surface area contributed by atoms with Gasteiger partial charge in [-0.1, -0.05) is 57.0 Å². The molecule has 158 valence electrons. The molecule has 1 aliphatic carbocycles. The minimum atomic E-state index is -3.10. The van der Waals surface area contributed by atoms with Crippen LogP contribution >= 0.6 is 0 Å². The first kappa shape index (κ1) is 21.7. The molecule has 1 saturated carbocycles. The largest absolute Gasteiger partial charge is 0.490 e. The molecule has 0 atom stereocenters. The van der Waals surface area contributed by atoms with E-state index >= 15 is 0 Å². The van der Waals surface area contributed by atoms with E-state index in [0.29, 0.717) is 12.3 Å². The van der Waals surface area contributed by atoms with E-state index in [0.717, 1.165) is 24.3 Å². The number of alkyl halides is 2. The van der Waals surface area contributed by atoms with Crippen molar-refractivity contribution in [2.24, 2.45) is 5.92 Å². The molecule has 2 aromatic rings. The zero-order chi connectivity index (χ0) is 21.0. The van der Waals surface area contributed by atoms with Gasteiger partial charge in [-0.25, -0.2) is 13.2 Å². The van der Waals surface area contributed by atoms with Gasteiger partial charge >= 0.3 is 0 Å². The molecule has 2 aromatic carbocycles. The van der Waals surface area contributed by atoms with Crippen molar-refractivity contribution >= 4 is 0 Å². The molecule has 0 bridgehead atoms. The van der Waals surface area contributed by atoms with Crippen LogP contribution < -0.4 is 4.74 Å². The first-order valence-corrected chi connectivity index (χ1v) is 10.4. The molecule has 0 radical (unpaired) electrons. The van der Waals surface area contributed by atoms with Crippen LogP contribution in [0.3, 0.4) is 0 Å². The maximum Gasteiger partial charge on any atom is 0.276 e. The van der Waals surface area contributed by atoms with Crippen molar-refractivity contribution in [3.63, 3.8) is 0 Å². The third-order valence-corrected chi connectivity index (χ3v) is 6.00. The summed E-state index contributed by atoms with van der Waals surface area (Å²) in [6.45, 7) is 3.55. The lowest BCUT2D eigenvalue weighted by molar-refractivity contribution is -0.0246. The summed E-state index contributed by atoms with van der Waals surface area (Å²) in [4.78, 5) is 0. The smallest absolute Gasteiger partial charge is 0.276 e. The average Bonchev–Trinajstić information content (AvgIpc) is 2.72. The third kappa shape index (κ3) is 5.12. The number of hydrogen-bond donors (Lipinski definition) is 0. The van der Waals surface area contributed by atoms with Gasteiger partial charge in [-0.15, -0.1) is 0 Å². The number of benzene rings is 2. The summed E-state index contributed by atoms with van der Waals surface area (Å²) in [5, 5.41) is 0. The van der Waals surface area contributed by atoms with Gasteiger partial charge < -0.3 is 4.74 Å². The van der Waals surface area contributed by atoms with Crippen molar-refractivity contribution in [3.8, 4) is 5.75 Å². The molecule has 29 heavy (non-hydrogen) atoms. The van der Waals surface area contributed by atoms with Crippen LogP contribution in [0.4, 0.5) is 17.6 Å². The number of rotatable bonds is 7. The van der Waals surface area contributed by atoms with Gasteiger partial charge in [0.2, 0.25) is 5.82 Å². The molecule has 0 aromatic heterocycles. The van der Waals surface area contributed by atoms with Gasteiger partial charge in [-0.3, -0.25) is 0 Å². The standard InChI is InChI=1S/C24H28F4O/c1-3-17-10-13-21(23(26)22(17)25)29-15-14-24(27,28)20-11-8-19(9-12-20)18-6-4-16(2)5-7-18/h8-13,16,18H,3-7,14-15H2,1-2H3. The van der Waals surface area contributed by atoms with Crippen LogP contribution in [0.1, 0.15) is 68.6 Å². The predicted molar refractivity (Wildman–Crippen MR) is 107 cm³/mol. The summed E-state index contributed by atoms with van der Waals surface area (Å²) in [6.07, 6.45) is 4.29. The first-order valence-electron chi connectivity index (χ1n) is 10.4. The van der Waals surface area contributed by atoms with Gasteiger partial charge in [0.15, 0.2) is 11.6 Å². The lowest BCUT2D eigenvalue weighted by Crippen LogP contribution is -2.18. The Labute approximate surface area is 170 Å². The van der Waals surface area contributed by atoms with Gasteiger partial charge in [0.25, 0.3) is 5.92 Å². The van der Waals surface area contributed by atoms with Gasteiger partial charge in [0.05, 0.1) is 6.61 Å². The summed E-state index contributed by atoms with van der Waals surface area (Å²) in [5.74, 6) is -4.36. The minimum Gasteiger partial charge on any atom is -0.490 e. The number of hydrogen-bond acceptors (Lipinski definition) is 1. The molecule has 0 spiro atoms. The van der Waals surface area contributed by atoms with Crippen molar-refractivity contribution in [1.29, 1.82) is 0 Å². The molecule has 0 saturated heterocycles. The van der Waals surface area contributed by atoms with E-state index < -0.39 is 30.6 Å². The minimum absolute atomic E-state index is 0.0815.